The SMILES string of the molecule is COC(=O)Nc1ccc2c(c1)NC(=O)[C@H](C)CCC[C@H](N1CCC(c3c(Br)ccc(Cl)c3F)=CC1=O)c1cnc-2[nH]1. The molecular weight excluding hydrogens is 617 g/mol. The quantitative estimate of drug-likeness (QED) is 0.268. The molecule has 2 bridgehead atoms. The predicted molar refractivity (Wildman–Crippen MR) is 158 cm³/mol. The first kappa shape index (κ1) is 28.8. The highest BCUT2D eigenvalue weighted by molar-refractivity contribution is 9.10. The molecule has 0 aliphatic carbocycles. The molecule has 3 aromatic rings. The first-order chi connectivity index (χ1) is 19.7. The minimum absolute atomic E-state index is 0.00470. The molecular formula is C29H28BrClFN5O4. The average Bonchev–Trinajstić information content (AvgIpc) is 3.43. The van der Waals surface area contributed by atoms with Crippen molar-refractivity contribution in [1.29, 1.82) is 0 Å². The fraction of sp³-hybridized carbons (Fsp3) is 0.310. The van der Waals surface area contributed by atoms with E-state index in [4.69, 9.17) is 11.6 Å². The molecule has 5 rings (SSSR count). The fourth-order valence-electron chi connectivity index (χ4n) is 5.21. The van der Waals surface area contributed by atoms with Gasteiger partial charge in [-0.2, -0.15) is 0 Å². The van der Waals surface area contributed by atoms with Gasteiger partial charge in [0.1, 0.15) is 11.6 Å². The van der Waals surface area contributed by atoms with Crippen molar-refractivity contribution in [2.75, 3.05) is 24.3 Å². The number of anilines is 2. The molecule has 214 valence electrons. The minimum Gasteiger partial charge on any atom is -0.453 e. The first-order valence-electron chi connectivity index (χ1n) is 13.2. The predicted octanol–water partition coefficient (Wildman–Crippen LogP) is 6.93. The first-order valence-corrected chi connectivity index (χ1v) is 14.3. The number of nitrogens with zero attached hydrogens (tertiary/aromatic N) is 2. The number of amides is 3. The van der Waals surface area contributed by atoms with Crippen molar-refractivity contribution in [2.45, 2.75) is 38.6 Å². The Morgan fingerprint density at radius 1 is 1.24 bits per heavy atom. The van der Waals surface area contributed by atoms with Crippen LogP contribution in [0.25, 0.3) is 17.0 Å². The van der Waals surface area contributed by atoms with E-state index in [0.717, 1.165) is 5.69 Å². The van der Waals surface area contributed by atoms with E-state index in [-0.39, 0.29) is 28.8 Å². The number of hydrogen-bond donors (Lipinski definition) is 3. The Bertz CT molecular complexity index is 1560. The molecule has 2 aliphatic rings. The van der Waals surface area contributed by atoms with E-state index in [9.17, 15) is 18.8 Å². The molecule has 3 heterocycles. The summed E-state index contributed by atoms with van der Waals surface area (Å²) in [6, 6.07) is 7.89. The van der Waals surface area contributed by atoms with E-state index >= 15 is 0 Å². The molecule has 2 aliphatic heterocycles. The van der Waals surface area contributed by atoms with Crippen molar-refractivity contribution >= 4 is 62.4 Å². The van der Waals surface area contributed by atoms with Crippen LogP contribution >= 0.6 is 27.5 Å². The van der Waals surface area contributed by atoms with Gasteiger partial charge in [0.2, 0.25) is 11.8 Å². The van der Waals surface area contributed by atoms with Gasteiger partial charge in [0.25, 0.3) is 0 Å². The van der Waals surface area contributed by atoms with Crippen molar-refractivity contribution < 1.29 is 23.5 Å². The largest absolute Gasteiger partial charge is 0.453 e. The lowest BCUT2D eigenvalue weighted by atomic mass is 9.94. The maximum absolute atomic E-state index is 14.9. The number of halogens is 3. The van der Waals surface area contributed by atoms with Crippen molar-refractivity contribution in [1.82, 2.24) is 14.9 Å². The Morgan fingerprint density at radius 2 is 2.05 bits per heavy atom. The van der Waals surface area contributed by atoms with E-state index in [2.05, 4.69) is 41.3 Å². The number of nitrogens with one attached hydrogen (secondary N) is 3. The number of hydrogen-bond acceptors (Lipinski definition) is 5. The Morgan fingerprint density at radius 3 is 2.80 bits per heavy atom. The molecule has 1 aromatic heterocycles. The summed E-state index contributed by atoms with van der Waals surface area (Å²) in [6.07, 6.45) is 4.87. The maximum Gasteiger partial charge on any atom is 0.411 e. The van der Waals surface area contributed by atoms with Crippen molar-refractivity contribution in [2.24, 2.45) is 5.92 Å². The van der Waals surface area contributed by atoms with Gasteiger partial charge in [-0.05, 0) is 55.2 Å². The van der Waals surface area contributed by atoms with Gasteiger partial charge >= 0.3 is 6.09 Å². The third-order valence-electron chi connectivity index (χ3n) is 7.43. The second-order valence-corrected chi connectivity index (χ2v) is 11.3. The van der Waals surface area contributed by atoms with Crippen LogP contribution in [0.1, 0.15) is 49.9 Å². The standard InChI is InChI=1S/C29H28BrClFN5O4/c1-15-4-3-5-23(37-11-10-16(12-24(37)38)25-19(30)8-9-20(31)26(25)32)22-14-33-27(35-22)18-7-6-17(34-29(40)41-2)13-21(18)36-28(15)39/h6-9,12-15,23H,3-5,10-11H2,1-2H3,(H,33,35)(H,34,40)(H,36,39)/t15-,23+/m1/s1. The lowest BCUT2D eigenvalue weighted by Gasteiger charge is -2.34. The topological polar surface area (TPSA) is 116 Å². The summed E-state index contributed by atoms with van der Waals surface area (Å²) in [6.45, 7) is 2.23. The number of aromatic amines is 1. The lowest BCUT2D eigenvalue weighted by Crippen LogP contribution is -2.37. The Kier molecular flexibility index (Phi) is 8.46. The Balaban J connectivity index is 1.49. The molecule has 12 heteroatoms. The van der Waals surface area contributed by atoms with Crippen molar-refractivity contribution in [3.8, 4) is 11.4 Å². The van der Waals surface area contributed by atoms with Crippen LogP contribution in [-0.2, 0) is 14.3 Å². The molecule has 0 saturated heterocycles. The molecule has 9 nitrogen and oxygen atoms in total. The van der Waals surface area contributed by atoms with E-state index < -0.39 is 11.9 Å². The second-order valence-electron chi connectivity index (χ2n) is 10.1. The van der Waals surface area contributed by atoms with Crippen LogP contribution in [-0.4, -0.2) is 46.4 Å². The van der Waals surface area contributed by atoms with Crippen LogP contribution < -0.4 is 10.6 Å². The lowest BCUT2D eigenvalue weighted by molar-refractivity contribution is -0.129. The molecule has 0 fully saturated rings. The van der Waals surface area contributed by atoms with Crippen LogP contribution in [0.3, 0.4) is 0 Å². The molecule has 0 saturated carbocycles. The van der Waals surface area contributed by atoms with E-state index in [1.807, 2.05) is 6.92 Å². The number of benzene rings is 2. The van der Waals surface area contributed by atoms with Gasteiger partial charge in [0, 0.05) is 39.8 Å². The van der Waals surface area contributed by atoms with Gasteiger partial charge in [-0.3, -0.25) is 14.9 Å². The number of methoxy groups -OCH3 is 1. The summed E-state index contributed by atoms with van der Waals surface area (Å²) in [7, 11) is 1.27. The van der Waals surface area contributed by atoms with E-state index in [1.54, 1.807) is 35.4 Å². The zero-order chi connectivity index (χ0) is 29.3. The fourth-order valence-corrected chi connectivity index (χ4v) is 5.93. The monoisotopic (exact) mass is 643 g/mol. The highest BCUT2D eigenvalue weighted by atomic mass is 79.9. The number of ether oxygens (including phenoxy) is 1. The molecule has 41 heavy (non-hydrogen) atoms. The molecule has 0 unspecified atom stereocenters. The van der Waals surface area contributed by atoms with Crippen LogP contribution in [0.4, 0.5) is 20.6 Å². The number of aromatic nitrogens is 2. The van der Waals surface area contributed by atoms with Crippen molar-refractivity contribution in [3.05, 3.63) is 69.2 Å². The molecule has 0 spiro atoms. The molecule has 2 atom stereocenters. The Labute approximate surface area is 249 Å². The molecule has 2 aromatic carbocycles. The minimum atomic E-state index is -0.630. The Hall–Kier alpha value is -3.70. The number of rotatable bonds is 3. The van der Waals surface area contributed by atoms with Crippen LogP contribution in [0.5, 0.6) is 0 Å². The van der Waals surface area contributed by atoms with E-state index in [0.29, 0.717) is 70.6 Å². The number of carbonyl (C=O) groups is 3. The summed E-state index contributed by atoms with van der Waals surface area (Å²) < 4.78 is 20.1. The zero-order valence-corrected chi connectivity index (χ0v) is 24.7. The number of imidazole rings is 1. The third-order valence-corrected chi connectivity index (χ3v) is 8.38. The normalized spacial score (nSPS) is 19.3. The average molecular weight is 645 g/mol. The molecule has 3 amide bonds. The maximum atomic E-state index is 14.9. The highest BCUT2D eigenvalue weighted by Crippen LogP contribution is 2.38. The summed E-state index contributed by atoms with van der Waals surface area (Å²) in [5.74, 6) is -0.762. The number of fused-ring (bicyclic) bond motifs is 4. The summed E-state index contributed by atoms with van der Waals surface area (Å²) in [5, 5.41) is 5.57. The van der Waals surface area contributed by atoms with Crippen LogP contribution in [0, 0.1) is 11.7 Å². The zero-order valence-electron chi connectivity index (χ0n) is 22.4. The third kappa shape index (κ3) is 6.01. The molecule has 3 N–H and O–H groups in total. The van der Waals surface area contributed by atoms with E-state index in [1.165, 1.54) is 19.3 Å². The summed E-state index contributed by atoms with van der Waals surface area (Å²) in [5.41, 5.74) is 3.18. The van der Waals surface area contributed by atoms with Crippen molar-refractivity contribution in [3.63, 3.8) is 0 Å². The summed E-state index contributed by atoms with van der Waals surface area (Å²) >= 11 is 9.41. The summed E-state index contributed by atoms with van der Waals surface area (Å²) in [4.78, 5) is 48.0. The van der Waals surface area contributed by atoms with Gasteiger partial charge in [-0.15, -0.1) is 0 Å². The molecule has 0 radical (unpaired) electrons. The van der Waals surface area contributed by atoms with Gasteiger partial charge in [-0.25, -0.2) is 14.2 Å². The van der Waals surface area contributed by atoms with Crippen LogP contribution in [0.2, 0.25) is 5.02 Å². The second kappa shape index (κ2) is 12.0. The van der Waals surface area contributed by atoms with Gasteiger partial charge in [0.05, 0.1) is 35.8 Å². The van der Waals surface area contributed by atoms with Gasteiger partial charge in [-0.1, -0.05) is 40.9 Å². The van der Waals surface area contributed by atoms with Gasteiger partial charge < -0.3 is 19.9 Å². The van der Waals surface area contributed by atoms with Gasteiger partial charge in [0.15, 0.2) is 0 Å². The van der Waals surface area contributed by atoms with Crippen LogP contribution in [0.15, 0.2) is 47.1 Å². The number of carbonyl (C=O) groups excluding carboxylic acids is 3. The highest BCUT2D eigenvalue weighted by Gasteiger charge is 2.31. The smallest absolute Gasteiger partial charge is 0.411 e. The number of H-pyrrole nitrogens is 1.